The number of nitrogens with one attached hydrogen (secondary N) is 1. The van der Waals surface area contributed by atoms with Gasteiger partial charge in [-0.25, -0.2) is 9.69 Å². The molecule has 2 rings (SSSR count). The smallest absolute Gasteiger partial charge is 0.347 e. The van der Waals surface area contributed by atoms with Crippen LogP contribution < -0.4 is 11.2 Å². The third kappa shape index (κ3) is 9.28. The lowest BCUT2D eigenvalue weighted by atomic mass is 10.1. The van der Waals surface area contributed by atoms with Gasteiger partial charge in [-0.15, -0.1) is 4.67 Å². The van der Waals surface area contributed by atoms with E-state index in [1.54, 1.807) is 30.4 Å². The van der Waals surface area contributed by atoms with Crippen LogP contribution in [0.15, 0.2) is 15.8 Å². The third-order valence-corrected chi connectivity index (χ3v) is 10.4. The predicted octanol–water partition coefficient (Wildman–Crippen LogP) is 3.04. The lowest BCUT2D eigenvalue weighted by molar-refractivity contribution is -0.0763. The van der Waals surface area contributed by atoms with Crippen molar-refractivity contribution in [3.05, 3.63) is 32.6 Å². The number of nitrogens with zero attached hydrogens (tertiary/aromatic N) is 3. The highest BCUT2D eigenvalue weighted by Gasteiger charge is 2.58. The Labute approximate surface area is 240 Å². The molecule has 0 amide bonds. The van der Waals surface area contributed by atoms with Crippen LogP contribution in [0.4, 0.5) is 0 Å². The van der Waals surface area contributed by atoms with Crippen LogP contribution in [0.3, 0.4) is 0 Å². The average Bonchev–Trinajstić information content (AvgIpc) is 3.18. The Bertz CT molecular complexity index is 1040. The molecule has 0 bridgehead atoms. The van der Waals surface area contributed by atoms with Crippen LogP contribution in [0.25, 0.3) is 0 Å². The van der Waals surface area contributed by atoms with E-state index in [0.717, 1.165) is 5.75 Å². The molecule has 39 heavy (non-hydrogen) atoms. The summed E-state index contributed by atoms with van der Waals surface area (Å²) in [4.78, 5) is 39.4. The van der Waals surface area contributed by atoms with Crippen LogP contribution in [-0.2, 0) is 18.7 Å². The van der Waals surface area contributed by atoms with Gasteiger partial charge in [0.25, 0.3) is 5.56 Å². The number of hydrogen-bond acceptors (Lipinski definition) is 11. The van der Waals surface area contributed by atoms with Crippen molar-refractivity contribution in [1.29, 1.82) is 5.26 Å². The van der Waals surface area contributed by atoms with Gasteiger partial charge in [0.1, 0.15) is 18.4 Å². The zero-order chi connectivity index (χ0) is 29.2. The molecule has 14 heteroatoms. The van der Waals surface area contributed by atoms with Crippen LogP contribution in [0.1, 0.15) is 45.9 Å². The first-order chi connectivity index (χ1) is 18.5. The van der Waals surface area contributed by atoms with Crippen molar-refractivity contribution in [2.45, 2.75) is 77.7 Å². The summed E-state index contributed by atoms with van der Waals surface area (Å²) in [5.41, 5.74) is -0.750. The highest BCUT2D eigenvalue weighted by atomic mass is 32.2. The minimum absolute atomic E-state index is 0.0586. The number of H-pyrrole nitrogens is 1. The lowest BCUT2D eigenvalue weighted by Crippen LogP contribution is -2.45. The second-order valence-electron chi connectivity index (χ2n) is 9.87. The van der Waals surface area contributed by atoms with Gasteiger partial charge in [0.05, 0.1) is 32.3 Å². The summed E-state index contributed by atoms with van der Waals surface area (Å²) in [5, 5.41) is 9.37. The largest absolute Gasteiger partial charge is 0.378 e. The van der Waals surface area contributed by atoms with Gasteiger partial charge in [0, 0.05) is 35.3 Å². The number of aromatic nitrogens is 2. The second-order valence-corrected chi connectivity index (χ2v) is 14.3. The summed E-state index contributed by atoms with van der Waals surface area (Å²) in [7, 11) is -3.32. The number of hydrogen-bond donors (Lipinski definition) is 2. The Morgan fingerprint density at radius 2 is 1.82 bits per heavy atom. The monoisotopic (exact) mass is 607 g/mol. The SMILES string of the molecule is CSCCOC[C@H]1O[C@@H](n2cc(C)c(=O)[nH]c2=O)[C@H](OCCSC)[C@@H]1O[P+](O)(CCC#N)N(C(C)C)C(C)C. The maximum Gasteiger partial charge on any atom is 0.347 e. The summed E-state index contributed by atoms with van der Waals surface area (Å²) >= 11 is 3.27. The number of rotatable bonds is 17. The maximum atomic E-state index is 12.9. The van der Waals surface area contributed by atoms with Crippen molar-refractivity contribution < 1.29 is 23.6 Å². The van der Waals surface area contributed by atoms with Crippen molar-refractivity contribution in [2.24, 2.45) is 0 Å². The Morgan fingerprint density at radius 1 is 1.18 bits per heavy atom. The van der Waals surface area contributed by atoms with Gasteiger partial charge >= 0.3 is 13.6 Å². The fourth-order valence-electron chi connectivity index (χ4n) is 4.69. The summed E-state index contributed by atoms with van der Waals surface area (Å²) in [6.07, 6.45) is 2.48. The maximum absolute atomic E-state index is 12.9. The Kier molecular flexibility index (Phi) is 14.5. The molecular formula is C25H44N4O7PS2+. The lowest BCUT2D eigenvalue weighted by Gasteiger charge is -2.37. The van der Waals surface area contributed by atoms with E-state index in [1.807, 2.05) is 44.9 Å². The number of ether oxygens (including phenoxy) is 3. The summed E-state index contributed by atoms with van der Waals surface area (Å²) in [6.45, 7) is 10.5. The molecule has 0 radical (unpaired) electrons. The number of aromatic amines is 1. The molecule has 1 aromatic heterocycles. The van der Waals surface area contributed by atoms with Gasteiger partial charge in [-0.1, -0.05) is 0 Å². The van der Waals surface area contributed by atoms with Crippen LogP contribution in [0.5, 0.6) is 0 Å². The standard InChI is InChI=1S/C25H43N4O7PS2/c1-17(2)29(18(3)4)37(32,12-8-9-26)36-21-20(16-33-10-13-38-6)35-24(22(21)34-11-14-39-7)28-15-19(5)23(30)27-25(28)31/h15,17-18,20-22,24,32H,8,10-14,16H2,1-7H3/p+1/t20-,21-,22-,24-,37?/m1/s1. The predicted molar refractivity (Wildman–Crippen MR) is 159 cm³/mol. The number of aryl methyl sites for hydroxylation is 1. The molecule has 5 atom stereocenters. The van der Waals surface area contributed by atoms with Crippen LogP contribution >= 0.6 is 31.4 Å². The van der Waals surface area contributed by atoms with E-state index in [-0.39, 0.29) is 31.3 Å². The zero-order valence-corrected chi connectivity index (χ0v) is 26.5. The highest BCUT2D eigenvalue weighted by molar-refractivity contribution is 7.98. The first kappa shape index (κ1) is 34.3. The molecule has 1 fully saturated rings. The van der Waals surface area contributed by atoms with E-state index in [0.29, 0.717) is 24.5 Å². The molecule has 1 aromatic rings. The summed E-state index contributed by atoms with van der Waals surface area (Å²) < 4.78 is 28.5. The molecule has 0 saturated carbocycles. The molecule has 1 aliphatic rings. The minimum atomic E-state index is -3.32. The second kappa shape index (κ2) is 16.5. The molecule has 1 unspecified atom stereocenters. The average molecular weight is 608 g/mol. The van der Waals surface area contributed by atoms with Crippen molar-refractivity contribution >= 4 is 31.4 Å². The van der Waals surface area contributed by atoms with E-state index in [2.05, 4.69) is 11.1 Å². The van der Waals surface area contributed by atoms with E-state index < -0.39 is 43.7 Å². The van der Waals surface area contributed by atoms with Crippen LogP contribution in [-0.4, -0.2) is 99.5 Å². The van der Waals surface area contributed by atoms with Gasteiger partial charge in [0.15, 0.2) is 12.3 Å². The van der Waals surface area contributed by atoms with E-state index in [1.165, 1.54) is 10.8 Å². The molecule has 11 nitrogen and oxygen atoms in total. The quantitative estimate of drug-likeness (QED) is 0.200. The van der Waals surface area contributed by atoms with Gasteiger partial charge in [0.2, 0.25) is 0 Å². The minimum Gasteiger partial charge on any atom is -0.378 e. The Hall–Kier alpha value is -0.940. The molecule has 2 heterocycles. The van der Waals surface area contributed by atoms with Crippen LogP contribution in [0.2, 0.25) is 0 Å². The molecule has 2 N–H and O–H groups in total. The molecule has 0 spiro atoms. The van der Waals surface area contributed by atoms with Crippen LogP contribution in [0, 0.1) is 18.3 Å². The van der Waals surface area contributed by atoms with Crippen molar-refractivity contribution in [3.8, 4) is 6.07 Å². The normalized spacial score (nSPS) is 23.0. The first-order valence-electron chi connectivity index (χ1n) is 13.1. The van der Waals surface area contributed by atoms with E-state index >= 15 is 0 Å². The fraction of sp³-hybridized carbons (Fsp3) is 0.800. The topological polar surface area (TPSA) is 139 Å². The molecular weight excluding hydrogens is 563 g/mol. The van der Waals surface area contributed by atoms with Gasteiger partial charge in [-0.2, -0.15) is 33.3 Å². The van der Waals surface area contributed by atoms with Crippen molar-refractivity contribution in [1.82, 2.24) is 14.2 Å². The molecule has 0 aromatic carbocycles. The third-order valence-electron chi connectivity index (χ3n) is 6.24. The molecule has 1 saturated heterocycles. The Balaban J connectivity index is 2.58. The van der Waals surface area contributed by atoms with E-state index in [4.69, 9.17) is 18.7 Å². The van der Waals surface area contributed by atoms with Gasteiger partial charge in [-0.3, -0.25) is 14.3 Å². The number of thioether (sulfide) groups is 2. The van der Waals surface area contributed by atoms with E-state index in [9.17, 15) is 19.7 Å². The van der Waals surface area contributed by atoms with Crippen molar-refractivity contribution in [2.75, 3.05) is 50.0 Å². The molecule has 222 valence electrons. The molecule has 1 aliphatic heterocycles. The fourth-order valence-corrected chi connectivity index (χ4v) is 8.16. The van der Waals surface area contributed by atoms with Gasteiger partial charge < -0.3 is 14.2 Å². The Morgan fingerprint density at radius 3 is 2.41 bits per heavy atom. The zero-order valence-electron chi connectivity index (χ0n) is 24.0. The number of nitriles is 1. The van der Waals surface area contributed by atoms with Crippen molar-refractivity contribution in [3.63, 3.8) is 0 Å². The molecule has 0 aliphatic carbocycles. The summed E-state index contributed by atoms with van der Waals surface area (Å²) in [6, 6.07) is 2.02. The summed E-state index contributed by atoms with van der Waals surface area (Å²) in [5.74, 6) is 1.49. The first-order valence-corrected chi connectivity index (χ1v) is 17.7. The van der Waals surface area contributed by atoms with Gasteiger partial charge in [-0.05, 0) is 47.1 Å². The highest BCUT2D eigenvalue weighted by Crippen LogP contribution is 2.63.